The molecule has 1 aliphatic heterocycles. The maximum absolute atomic E-state index is 10.6. The minimum Gasteiger partial charge on any atom is -0.475 e. The lowest BCUT2D eigenvalue weighted by molar-refractivity contribution is -0.192. The summed E-state index contributed by atoms with van der Waals surface area (Å²) in [6.45, 7) is 4.32. The van der Waals surface area contributed by atoms with Crippen LogP contribution < -0.4 is 0 Å². The molecule has 0 aliphatic carbocycles. The summed E-state index contributed by atoms with van der Waals surface area (Å²) in [6, 6.07) is 10.3. The average molecular weight is 409 g/mol. The van der Waals surface area contributed by atoms with Crippen molar-refractivity contribution in [1.82, 2.24) is 24.9 Å². The molecule has 0 saturated carbocycles. The van der Waals surface area contributed by atoms with Crippen LogP contribution >= 0.6 is 0 Å². The third kappa shape index (κ3) is 5.80. The second kappa shape index (κ2) is 9.08. The Labute approximate surface area is 165 Å². The molecule has 2 N–H and O–H groups in total. The number of para-hydroxylation sites is 1. The Hall–Kier alpha value is -2.88. The standard InChI is InChI=1S/C17H21N5.C2HF3O2/c1-2-5-16-15(4-1)17(20-19-16)13-21-10-6-14(7-11-21)12-22-9-3-8-18-22;3-2(4,5)1(6)7/h1-5,8-9,14H,6-7,10-13H2,(H,19,20);(H,6,7). The van der Waals surface area contributed by atoms with Crippen molar-refractivity contribution in [2.24, 2.45) is 5.92 Å². The Morgan fingerprint density at radius 2 is 1.90 bits per heavy atom. The van der Waals surface area contributed by atoms with Crippen LogP contribution in [0.25, 0.3) is 10.9 Å². The van der Waals surface area contributed by atoms with Gasteiger partial charge in [-0.15, -0.1) is 0 Å². The maximum atomic E-state index is 10.6. The zero-order valence-electron chi connectivity index (χ0n) is 15.6. The minimum absolute atomic E-state index is 0.745. The van der Waals surface area contributed by atoms with Gasteiger partial charge in [0.2, 0.25) is 0 Å². The number of benzene rings is 1. The highest BCUT2D eigenvalue weighted by molar-refractivity contribution is 5.81. The van der Waals surface area contributed by atoms with Gasteiger partial charge in [-0.3, -0.25) is 14.7 Å². The first-order chi connectivity index (χ1) is 13.8. The van der Waals surface area contributed by atoms with Gasteiger partial charge in [-0.2, -0.15) is 23.4 Å². The molecule has 7 nitrogen and oxygen atoms in total. The number of halogens is 3. The van der Waals surface area contributed by atoms with Crippen molar-refractivity contribution in [3.63, 3.8) is 0 Å². The van der Waals surface area contributed by atoms with Crippen molar-refractivity contribution < 1.29 is 23.1 Å². The molecule has 0 bridgehead atoms. The van der Waals surface area contributed by atoms with Gasteiger partial charge in [-0.1, -0.05) is 18.2 Å². The van der Waals surface area contributed by atoms with E-state index >= 15 is 0 Å². The molecule has 1 aliphatic rings. The van der Waals surface area contributed by atoms with Crippen molar-refractivity contribution in [3.05, 3.63) is 48.4 Å². The number of likely N-dealkylation sites (tertiary alicyclic amines) is 1. The third-order valence-electron chi connectivity index (χ3n) is 4.88. The lowest BCUT2D eigenvalue weighted by Gasteiger charge is -2.31. The van der Waals surface area contributed by atoms with Crippen molar-refractivity contribution in [2.75, 3.05) is 13.1 Å². The number of fused-ring (bicyclic) bond motifs is 1. The molecule has 3 heterocycles. The Morgan fingerprint density at radius 3 is 2.52 bits per heavy atom. The molecule has 0 atom stereocenters. The highest BCUT2D eigenvalue weighted by Crippen LogP contribution is 2.22. The highest BCUT2D eigenvalue weighted by atomic mass is 19.4. The first-order valence-corrected chi connectivity index (χ1v) is 9.25. The normalized spacial score (nSPS) is 15.8. The molecule has 4 rings (SSSR count). The number of carboxylic acid groups (broad SMARTS) is 1. The van der Waals surface area contributed by atoms with Gasteiger partial charge >= 0.3 is 12.1 Å². The van der Waals surface area contributed by atoms with Gasteiger partial charge in [0.05, 0.1) is 11.2 Å². The highest BCUT2D eigenvalue weighted by Gasteiger charge is 2.38. The van der Waals surface area contributed by atoms with Gasteiger partial charge < -0.3 is 5.11 Å². The molecule has 3 aromatic rings. The van der Waals surface area contributed by atoms with E-state index in [1.54, 1.807) is 0 Å². The molecule has 1 saturated heterocycles. The zero-order valence-corrected chi connectivity index (χ0v) is 15.6. The summed E-state index contributed by atoms with van der Waals surface area (Å²) in [7, 11) is 0. The SMILES string of the molecule is O=C(O)C(F)(F)F.c1ccc2c(CN3CCC(Cn4cccn4)CC3)[nH]nc2c1. The largest absolute Gasteiger partial charge is 0.490 e. The zero-order chi connectivity index (χ0) is 20.9. The van der Waals surface area contributed by atoms with Crippen LogP contribution in [-0.4, -0.2) is 55.2 Å². The van der Waals surface area contributed by atoms with Crippen molar-refractivity contribution in [3.8, 4) is 0 Å². The number of carboxylic acids is 1. The number of piperidine rings is 1. The number of carbonyl (C=O) groups is 1. The molecule has 10 heteroatoms. The lowest BCUT2D eigenvalue weighted by atomic mass is 9.96. The van der Waals surface area contributed by atoms with E-state index in [2.05, 4.69) is 49.3 Å². The first-order valence-electron chi connectivity index (χ1n) is 9.25. The summed E-state index contributed by atoms with van der Waals surface area (Å²) in [4.78, 5) is 11.4. The van der Waals surface area contributed by atoms with Crippen LogP contribution in [0.4, 0.5) is 13.2 Å². The van der Waals surface area contributed by atoms with Gasteiger partial charge in [0, 0.05) is 30.9 Å². The van der Waals surface area contributed by atoms with Crippen LogP contribution in [0.15, 0.2) is 42.7 Å². The molecule has 1 fully saturated rings. The average Bonchev–Trinajstić information content (AvgIpc) is 3.33. The fraction of sp³-hybridized carbons (Fsp3) is 0.421. The lowest BCUT2D eigenvalue weighted by Crippen LogP contribution is -2.34. The van der Waals surface area contributed by atoms with Gasteiger partial charge in [-0.05, 0) is 44.0 Å². The predicted molar refractivity (Wildman–Crippen MR) is 100 cm³/mol. The molecule has 29 heavy (non-hydrogen) atoms. The molecule has 156 valence electrons. The molecule has 0 unspecified atom stereocenters. The number of rotatable bonds is 4. The van der Waals surface area contributed by atoms with Crippen molar-refractivity contribution >= 4 is 16.9 Å². The fourth-order valence-electron chi connectivity index (χ4n) is 3.36. The Bertz CT molecular complexity index is 915. The van der Waals surface area contributed by atoms with Crippen LogP contribution in [0.5, 0.6) is 0 Å². The number of alkyl halides is 3. The summed E-state index contributed by atoms with van der Waals surface area (Å²) in [6.07, 6.45) is 1.32. The van der Waals surface area contributed by atoms with E-state index in [1.165, 1.54) is 23.9 Å². The maximum Gasteiger partial charge on any atom is 0.490 e. The summed E-state index contributed by atoms with van der Waals surface area (Å²) >= 11 is 0. The van der Waals surface area contributed by atoms with E-state index in [9.17, 15) is 13.2 Å². The van der Waals surface area contributed by atoms with Crippen molar-refractivity contribution in [2.45, 2.75) is 32.1 Å². The summed E-state index contributed by atoms with van der Waals surface area (Å²) in [5.74, 6) is -2.01. The number of hydrogen-bond acceptors (Lipinski definition) is 4. The van der Waals surface area contributed by atoms with Gasteiger partial charge in [0.1, 0.15) is 0 Å². The van der Waals surface area contributed by atoms with E-state index in [4.69, 9.17) is 9.90 Å². The summed E-state index contributed by atoms with van der Waals surface area (Å²) in [5, 5.41) is 20.3. The monoisotopic (exact) mass is 409 g/mol. The van der Waals surface area contributed by atoms with Crippen LogP contribution in [-0.2, 0) is 17.9 Å². The van der Waals surface area contributed by atoms with Crippen LogP contribution in [0.3, 0.4) is 0 Å². The Morgan fingerprint density at radius 1 is 1.21 bits per heavy atom. The number of aromatic nitrogens is 4. The number of nitrogens with zero attached hydrogens (tertiary/aromatic N) is 4. The van der Waals surface area contributed by atoms with Crippen LogP contribution in [0.2, 0.25) is 0 Å². The van der Waals surface area contributed by atoms with E-state index < -0.39 is 12.1 Å². The van der Waals surface area contributed by atoms with Gasteiger partial charge in [-0.25, -0.2) is 4.79 Å². The molecule has 1 aromatic carbocycles. The molecule has 0 amide bonds. The molecular weight excluding hydrogens is 387 g/mol. The van der Waals surface area contributed by atoms with E-state index in [-0.39, 0.29) is 0 Å². The summed E-state index contributed by atoms with van der Waals surface area (Å²) < 4.78 is 33.8. The van der Waals surface area contributed by atoms with E-state index in [0.717, 1.165) is 37.6 Å². The predicted octanol–water partition coefficient (Wildman–Crippen LogP) is 3.30. The smallest absolute Gasteiger partial charge is 0.475 e. The van der Waals surface area contributed by atoms with E-state index in [1.807, 2.05) is 18.3 Å². The number of H-pyrrole nitrogens is 1. The molecule has 0 spiro atoms. The first kappa shape index (κ1) is 20.8. The molecule has 2 aromatic heterocycles. The third-order valence-corrected chi connectivity index (χ3v) is 4.88. The number of nitrogens with one attached hydrogen (secondary N) is 1. The Balaban J connectivity index is 0.000000298. The quantitative estimate of drug-likeness (QED) is 0.691. The fourth-order valence-corrected chi connectivity index (χ4v) is 3.36. The van der Waals surface area contributed by atoms with Gasteiger partial charge in [0.25, 0.3) is 0 Å². The topological polar surface area (TPSA) is 87.0 Å². The minimum atomic E-state index is -5.08. The van der Waals surface area contributed by atoms with Crippen molar-refractivity contribution in [1.29, 1.82) is 0 Å². The summed E-state index contributed by atoms with van der Waals surface area (Å²) in [5.41, 5.74) is 2.30. The number of aliphatic carboxylic acids is 1. The van der Waals surface area contributed by atoms with E-state index in [0.29, 0.717) is 0 Å². The molecular formula is C19H22F3N5O2. The number of aromatic amines is 1. The van der Waals surface area contributed by atoms with Crippen LogP contribution in [0, 0.1) is 5.92 Å². The molecule has 0 radical (unpaired) electrons. The number of hydrogen-bond donors (Lipinski definition) is 2. The van der Waals surface area contributed by atoms with Gasteiger partial charge in [0.15, 0.2) is 0 Å². The van der Waals surface area contributed by atoms with Crippen LogP contribution in [0.1, 0.15) is 18.5 Å². The second-order valence-electron chi connectivity index (χ2n) is 6.97. The second-order valence-corrected chi connectivity index (χ2v) is 6.97. The Kier molecular flexibility index (Phi) is 6.53.